The zero-order valence-corrected chi connectivity index (χ0v) is 19.9. The van der Waals surface area contributed by atoms with Crippen LogP contribution in [0.2, 0.25) is 0 Å². The van der Waals surface area contributed by atoms with Gasteiger partial charge in [0, 0.05) is 5.92 Å². The maximum atomic E-state index is 12.9. The van der Waals surface area contributed by atoms with Crippen molar-refractivity contribution in [1.29, 1.82) is 0 Å². The highest BCUT2D eigenvalue weighted by molar-refractivity contribution is 5.76. The van der Waals surface area contributed by atoms with Crippen LogP contribution >= 0.6 is 0 Å². The molecular formula is C25H40O7. The van der Waals surface area contributed by atoms with E-state index >= 15 is 0 Å². The normalized spacial score (nSPS) is 30.6. The molecule has 4 N–H and O–H groups in total. The van der Waals surface area contributed by atoms with E-state index in [2.05, 4.69) is 32.1 Å². The number of hydrogen-bond acceptors (Lipinski definition) is 6. The number of carbonyl (C=O) groups is 2. The van der Waals surface area contributed by atoms with E-state index in [9.17, 15) is 24.9 Å². The Kier molecular flexibility index (Phi) is 9.08. The Morgan fingerprint density at radius 3 is 2.44 bits per heavy atom. The van der Waals surface area contributed by atoms with Crippen LogP contribution in [0.4, 0.5) is 0 Å². The fraction of sp³-hybridized carbons (Fsp3) is 0.760. The minimum Gasteiger partial charge on any atom is -0.481 e. The van der Waals surface area contributed by atoms with Gasteiger partial charge in [-0.2, -0.15) is 0 Å². The van der Waals surface area contributed by atoms with Crippen molar-refractivity contribution in [1.82, 2.24) is 0 Å². The zero-order valence-electron chi connectivity index (χ0n) is 19.9. The highest BCUT2D eigenvalue weighted by atomic mass is 16.5. The molecule has 0 aromatic carbocycles. The summed E-state index contributed by atoms with van der Waals surface area (Å²) in [5, 5.41) is 39.0. The second kappa shape index (κ2) is 10.9. The molecule has 7 nitrogen and oxygen atoms in total. The van der Waals surface area contributed by atoms with Crippen molar-refractivity contribution in [3.05, 3.63) is 23.8 Å². The van der Waals surface area contributed by atoms with Crippen LogP contribution in [0.5, 0.6) is 0 Å². The van der Waals surface area contributed by atoms with Crippen molar-refractivity contribution in [2.75, 3.05) is 0 Å². The van der Waals surface area contributed by atoms with Crippen LogP contribution < -0.4 is 0 Å². The predicted molar refractivity (Wildman–Crippen MR) is 121 cm³/mol. The minimum atomic E-state index is -1.09. The largest absolute Gasteiger partial charge is 0.481 e. The smallest absolute Gasteiger partial charge is 0.314 e. The molecule has 1 unspecified atom stereocenters. The number of fused-ring (bicyclic) bond motifs is 1. The number of aliphatic carboxylic acids is 1. The second-order valence-corrected chi connectivity index (χ2v) is 10.3. The van der Waals surface area contributed by atoms with E-state index in [0.29, 0.717) is 19.3 Å². The lowest BCUT2D eigenvalue weighted by atomic mass is 9.65. The summed E-state index contributed by atoms with van der Waals surface area (Å²) in [7, 11) is 0. The summed E-state index contributed by atoms with van der Waals surface area (Å²) in [5.41, 5.74) is 0.132. The summed E-state index contributed by atoms with van der Waals surface area (Å²) in [6.45, 7) is 9.16. The van der Waals surface area contributed by atoms with Crippen molar-refractivity contribution in [2.45, 2.75) is 91.1 Å². The summed E-state index contributed by atoms with van der Waals surface area (Å²) < 4.78 is 6.01. The van der Waals surface area contributed by atoms with Gasteiger partial charge in [0.2, 0.25) is 0 Å². The lowest BCUT2D eigenvalue weighted by molar-refractivity contribution is -0.170. The zero-order chi connectivity index (χ0) is 24.2. The molecule has 0 amide bonds. The molecule has 2 rings (SSSR count). The molecule has 7 heteroatoms. The number of carboxylic acid groups (broad SMARTS) is 1. The van der Waals surface area contributed by atoms with Gasteiger partial charge in [-0.1, -0.05) is 32.1 Å². The number of hydrogen-bond donors (Lipinski definition) is 4. The maximum Gasteiger partial charge on any atom is 0.314 e. The predicted octanol–water partition coefficient (Wildman–Crippen LogP) is 3.08. The maximum absolute atomic E-state index is 12.9. The molecule has 2 aliphatic carbocycles. The van der Waals surface area contributed by atoms with Gasteiger partial charge in [0.1, 0.15) is 6.10 Å². The van der Waals surface area contributed by atoms with E-state index in [0.717, 1.165) is 5.57 Å². The molecule has 0 aliphatic heterocycles. The van der Waals surface area contributed by atoms with Crippen molar-refractivity contribution >= 4 is 11.9 Å². The van der Waals surface area contributed by atoms with Crippen LogP contribution in [0.25, 0.3) is 0 Å². The van der Waals surface area contributed by atoms with Gasteiger partial charge in [-0.25, -0.2) is 0 Å². The SMILES string of the molecule is CC(O)C(C)(C)C(=O)O[C@H]1C[C@@H](C)C=C2C=C[C@H](C)[C@H](CC[C@@H](O)C[C@@H](O)CC(=O)O)[C@H]21. The number of aliphatic hydroxyl groups excluding tert-OH is 3. The number of carbonyl (C=O) groups excluding carboxylic acids is 1. The molecule has 0 saturated heterocycles. The molecule has 0 aromatic rings. The molecular weight excluding hydrogens is 412 g/mol. The fourth-order valence-electron chi connectivity index (χ4n) is 4.78. The highest BCUT2D eigenvalue weighted by Crippen LogP contribution is 2.45. The molecule has 32 heavy (non-hydrogen) atoms. The average molecular weight is 453 g/mol. The van der Waals surface area contributed by atoms with Gasteiger partial charge < -0.3 is 25.2 Å². The van der Waals surface area contributed by atoms with Crippen LogP contribution in [0.1, 0.15) is 66.7 Å². The van der Waals surface area contributed by atoms with E-state index in [-0.39, 0.29) is 42.6 Å². The van der Waals surface area contributed by atoms with Crippen molar-refractivity contribution in [2.24, 2.45) is 29.1 Å². The van der Waals surface area contributed by atoms with E-state index in [1.165, 1.54) is 0 Å². The van der Waals surface area contributed by atoms with E-state index in [4.69, 9.17) is 9.84 Å². The minimum absolute atomic E-state index is 0.00362. The number of allylic oxidation sites excluding steroid dienone is 3. The van der Waals surface area contributed by atoms with Crippen molar-refractivity contribution < 1.29 is 34.8 Å². The number of rotatable bonds is 10. The van der Waals surface area contributed by atoms with Crippen LogP contribution in [0.3, 0.4) is 0 Å². The van der Waals surface area contributed by atoms with E-state index < -0.39 is 35.7 Å². The first-order valence-corrected chi connectivity index (χ1v) is 11.7. The van der Waals surface area contributed by atoms with Gasteiger partial charge in [-0.05, 0) is 69.8 Å². The third-order valence-electron chi connectivity index (χ3n) is 7.21. The van der Waals surface area contributed by atoms with Gasteiger partial charge in [0.25, 0.3) is 0 Å². The summed E-state index contributed by atoms with van der Waals surface area (Å²) in [5.74, 6) is -0.902. The molecule has 0 aromatic heterocycles. The number of ether oxygens (including phenoxy) is 1. The summed E-state index contributed by atoms with van der Waals surface area (Å²) in [6, 6.07) is 0. The number of carboxylic acids is 1. The van der Waals surface area contributed by atoms with Gasteiger partial charge in [-0.15, -0.1) is 0 Å². The summed E-state index contributed by atoms with van der Waals surface area (Å²) in [4.78, 5) is 23.6. The summed E-state index contributed by atoms with van der Waals surface area (Å²) in [6.07, 6.45) is 4.88. The van der Waals surface area contributed by atoms with Gasteiger partial charge >= 0.3 is 11.9 Å². The molecule has 0 bridgehead atoms. The van der Waals surface area contributed by atoms with Gasteiger partial charge in [-0.3, -0.25) is 9.59 Å². The standard InChI is InChI=1S/C25H40O7/c1-14-10-17-7-6-15(2)20(9-8-18(27)12-19(28)13-22(29)30)23(17)21(11-14)32-24(31)25(4,5)16(3)26/h6-7,10,14-16,18-21,23,26-28H,8-9,11-13H2,1-5H3,(H,29,30)/t14-,15-,16?,18+,19+,20-,21-,23-/m0/s1. The van der Waals surface area contributed by atoms with Crippen LogP contribution in [0.15, 0.2) is 23.8 Å². The second-order valence-electron chi connectivity index (χ2n) is 10.3. The quantitative estimate of drug-likeness (QED) is 0.376. The van der Waals surface area contributed by atoms with E-state index in [1.54, 1.807) is 20.8 Å². The Morgan fingerprint density at radius 1 is 1.19 bits per heavy atom. The van der Waals surface area contributed by atoms with Crippen LogP contribution in [0, 0.1) is 29.1 Å². The Bertz CT molecular complexity index is 724. The van der Waals surface area contributed by atoms with Crippen molar-refractivity contribution in [3.8, 4) is 0 Å². The van der Waals surface area contributed by atoms with Crippen molar-refractivity contribution in [3.63, 3.8) is 0 Å². The monoisotopic (exact) mass is 452 g/mol. The molecule has 0 heterocycles. The van der Waals surface area contributed by atoms with Gasteiger partial charge in [0.05, 0.1) is 30.1 Å². The molecule has 0 radical (unpaired) electrons. The first kappa shape index (κ1) is 26.6. The third-order valence-corrected chi connectivity index (χ3v) is 7.21. The van der Waals surface area contributed by atoms with Crippen LogP contribution in [-0.4, -0.2) is 56.8 Å². The third kappa shape index (κ3) is 6.65. The molecule has 0 spiro atoms. The Hall–Kier alpha value is -1.70. The molecule has 0 fully saturated rings. The lowest BCUT2D eigenvalue weighted by Crippen LogP contribution is -2.45. The molecule has 182 valence electrons. The lowest BCUT2D eigenvalue weighted by Gasteiger charge is -2.44. The average Bonchev–Trinajstić information content (AvgIpc) is 2.66. The topological polar surface area (TPSA) is 124 Å². The van der Waals surface area contributed by atoms with Gasteiger partial charge in [0.15, 0.2) is 0 Å². The van der Waals surface area contributed by atoms with Crippen LogP contribution in [-0.2, 0) is 14.3 Å². The molecule has 8 atom stereocenters. The fourth-order valence-corrected chi connectivity index (χ4v) is 4.78. The first-order chi connectivity index (χ1) is 14.8. The highest BCUT2D eigenvalue weighted by Gasteiger charge is 2.44. The number of esters is 1. The Balaban J connectivity index is 2.14. The molecule has 2 aliphatic rings. The Labute approximate surface area is 191 Å². The Morgan fingerprint density at radius 2 is 1.84 bits per heavy atom. The molecule has 0 saturated carbocycles. The summed E-state index contributed by atoms with van der Waals surface area (Å²) >= 11 is 0. The number of aliphatic hydroxyl groups is 3. The van der Waals surface area contributed by atoms with E-state index in [1.807, 2.05) is 0 Å². The first-order valence-electron chi connectivity index (χ1n) is 11.7.